The van der Waals surface area contributed by atoms with E-state index in [-0.39, 0.29) is 23.8 Å². The fourth-order valence-electron chi connectivity index (χ4n) is 8.76. The second kappa shape index (κ2) is 41.6. The van der Waals surface area contributed by atoms with Gasteiger partial charge < -0.3 is 19.3 Å². The Balaban J connectivity index is 2.36. The predicted octanol–water partition coefficient (Wildman–Crippen LogP) is 14.7. The highest BCUT2D eigenvalue weighted by Crippen LogP contribution is 2.22. The maximum absolute atomic E-state index is 13.1. The van der Waals surface area contributed by atoms with Crippen LogP contribution < -0.4 is 0 Å². The number of carbonyl (C=O) groups is 2. The molecule has 0 aromatic heterocycles. The van der Waals surface area contributed by atoms with Crippen LogP contribution >= 0.6 is 0 Å². The molecule has 0 aliphatic carbocycles. The minimum atomic E-state index is 0.0768. The van der Waals surface area contributed by atoms with Crippen LogP contribution in [0.4, 0.5) is 0 Å². The van der Waals surface area contributed by atoms with Crippen molar-refractivity contribution in [2.24, 2.45) is 11.8 Å². The van der Waals surface area contributed by atoms with Gasteiger partial charge in [0.2, 0.25) is 0 Å². The molecule has 1 fully saturated rings. The predicted molar refractivity (Wildman–Crippen MR) is 246 cm³/mol. The van der Waals surface area contributed by atoms with E-state index in [4.69, 9.17) is 9.47 Å². The molecule has 1 rings (SSSR count). The number of nitrogens with zero attached hydrogens (tertiary/aromatic N) is 2. The molecule has 0 amide bonds. The third kappa shape index (κ3) is 33.3. The Bertz CT molecular complexity index is 804. The summed E-state index contributed by atoms with van der Waals surface area (Å²) < 4.78 is 11.8. The maximum atomic E-state index is 13.1. The molecule has 6 nitrogen and oxygen atoms in total. The first kappa shape index (κ1) is 53.9. The number of likely N-dealkylation sites (tertiary alicyclic amines) is 1. The molecule has 6 heteroatoms. The lowest BCUT2D eigenvalue weighted by Gasteiger charge is -2.24. The number of ether oxygens (including phenoxy) is 2. The lowest BCUT2D eigenvalue weighted by atomic mass is 9.94. The average molecular weight is 805 g/mol. The lowest BCUT2D eigenvalue weighted by Crippen LogP contribution is -2.30. The van der Waals surface area contributed by atoms with E-state index in [9.17, 15) is 9.59 Å². The number of rotatable bonds is 44. The van der Waals surface area contributed by atoms with Gasteiger partial charge in [0.1, 0.15) is 0 Å². The lowest BCUT2D eigenvalue weighted by molar-refractivity contribution is -0.150. The van der Waals surface area contributed by atoms with Gasteiger partial charge in [-0.15, -0.1) is 0 Å². The van der Waals surface area contributed by atoms with Crippen LogP contribution in [0.2, 0.25) is 0 Å². The van der Waals surface area contributed by atoms with Crippen molar-refractivity contribution in [1.82, 2.24) is 9.80 Å². The van der Waals surface area contributed by atoms with Crippen LogP contribution in [0.3, 0.4) is 0 Å². The summed E-state index contributed by atoms with van der Waals surface area (Å²) in [4.78, 5) is 31.5. The second-order valence-electron chi connectivity index (χ2n) is 18.1. The molecule has 1 heterocycles. The Kier molecular flexibility index (Phi) is 39.3. The van der Waals surface area contributed by atoms with Gasteiger partial charge in [-0.05, 0) is 110 Å². The van der Waals surface area contributed by atoms with Crippen LogP contribution in [0.15, 0.2) is 0 Å². The van der Waals surface area contributed by atoms with Crippen LogP contribution in [0.5, 0.6) is 0 Å². The highest BCUT2D eigenvalue weighted by atomic mass is 16.5. The number of esters is 2. The molecule has 0 saturated carbocycles. The van der Waals surface area contributed by atoms with Gasteiger partial charge in [0.05, 0.1) is 25.0 Å². The molecule has 1 saturated heterocycles. The first-order chi connectivity index (χ1) is 28.0. The molecule has 0 aromatic carbocycles. The molecule has 2 unspecified atom stereocenters. The number of carbonyl (C=O) groups excluding carboxylic acids is 2. The van der Waals surface area contributed by atoms with Gasteiger partial charge in [-0.1, -0.05) is 182 Å². The van der Waals surface area contributed by atoms with E-state index in [2.05, 4.69) is 37.5 Å². The highest BCUT2D eigenvalue weighted by Gasteiger charge is 2.20. The summed E-state index contributed by atoms with van der Waals surface area (Å²) in [6.07, 6.45) is 42.3. The monoisotopic (exact) mass is 805 g/mol. The third-order valence-electron chi connectivity index (χ3n) is 12.7. The fourth-order valence-corrected chi connectivity index (χ4v) is 8.76. The molecule has 2 atom stereocenters. The number of hydrogen-bond acceptors (Lipinski definition) is 6. The topological polar surface area (TPSA) is 59.1 Å². The van der Waals surface area contributed by atoms with Crippen LogP contribution in [-0.2, 0) is 19.1 Å². The van der Waals surface area contributed by atoms with Crippen molar-refractivity contribution in [2.75, 3.05) is 52.5 Å². The summed E-state index contributed by atoms with van der Waals surface area (Å²) in [5, 5.41) is 0. The third-order valence-corrected chi connectivity index (χ3v) is 12.7. The molecule has 57 heavy (non-hydrogen) atoms. The van der Waals surface area contributed by atoms with E-state index in [1.54, 1.807) is 0 Å². The van der Waals surface area contributed by atoms with Crippen molar-refractivity contribution in [3.63, 3.8) is 0 Å². The normalized spacial score (nSPS) is 14.4. The average Bonchev–Trinajstić information content (AvgIpc) is 3.74. The zero-order valence-corrected chi connectivity index (χ0v) is 39.1. The van der Waals surface area contributed by atoms with E-state index in [0.717, 1.165) is 64.2 Å². The van der Waals surface area contributed by atoms with E-state index in [1.807, 2.05) is 0 Å². The summed E-state index contributed by atoms with van der Waals surface area (Å²) in [5.41, 5.74) is 0. The van der Waals surface area contributed by atoms with Gasteiger partial charge in [0.25, 0.3) is 0 Å². The van der Waals surface area contributed by atoms with Gasteiger partial charge in [0, 0.05) is 0 Å². The molecule has 1 aliphatic heterocycles. The quantitative estimate of drug-likeness (QED) is 0.0452. The number of unbranched alkanes of at least 4 members (excludes halogenated alkanes) is 22. The van der Waals surface area contributed by atoms with E-state index < -0.39 is 0 Å². The van der Waals surface area contributed by atoms with Crippen molar-refractivity contribution >= 4 is 11.9 Å². The molecule has 0 bridgehead atoms. The zero-order chi connectivity index (χ0) is 41.3. The van der Waals surface area contributed by atoms with Crippen molar-refractivity contribution in [2.45, 2.75) is 252 Å². The molecule has 0 spiro atoms. The van der Waals surface area contributed by atoms with Crippen LogP contribution in [-0.4, -0.2) is 74.2 Å². The number of hydrogen-bond donors (Lipinski definition) is 0. The van der Waals surface area contributed by atoms with Gasteiger partial charge in [0.15, 0.2) is 0 Å². The minimum Gasteiger partial charge on any atom is -0.465 e. The summed E-state index contributed by atoms with van der Waals surface area (Å²) in [6, 6.07) is 0. The van der Waals surface area contributed by atoms with Crippen LogP contribution in [0, 0.1) is 11.8 Å². The van der Waals surface area contributed by atoms with Crippen molar-refractivity contribution in [1.29, 1.82) is 0 Å². The van der Waals surface area contributed by atoms with Gasteiger partial charge >= 0.3 is 11.9 Å². The Hall–Kier alpha value is -1.14. The first-order valence-electron chi connectivity index (χ1n) is 25.8. The van der Waals surface area contributed by atoms with E-state index in [1.165, 1.54) is 200 Å². The van der Waals surface area contributed by atoms with Crippen molar-refractivity contribution < 1.29 is 19.1 Å². The molecule has 1 aliphatic rings. The molecular weight excluding hydrogens is 705 g/mol. The Morgan fingerprint density at radius 1 is 0.421 bits per heavy atom. The van der Waals surface area contributed by atoms with Crippen LogP contribution in [0.25, 0.3) is 0 Å². The SMILES string of the molecule is CCCCCCCCC(CCCCCC)C(=O)OCCCCCCN(CCCCCCOC(=O)C(CCCCCC)CCCCCCCC)CCCN1CCCC1. The van der Waals surface area contributed by atoms with Gasteiger partial charge in [-0.2, -0.15) is 0 Å². The van der Waals surface area contributed by atoms with Crippen molar-refractivity contribution in [3.8, 4) is 0 Å². The highest BCUT2D eigenvalue weighted by molar-refractivity contribution is 5.72. The Morgan fingerprint density at radius 2 is 0.737 bits per heavy atom. The standard InChI is InChI=1S/C51H100N2O4/c1-5-9-13-17-19-27-38-48(36-25-15-11-7-3)50(54)56-46-33-23-21-29-40-52(44-35-45-53-42-31-32-43-53)41-30-22-24-34-47-57-51(55)49(37-26-16-12-8-4)39-28-20-18-14-10-6-2/h48-49H,5-47H2,1-4H3. The first-order valence-corrected chi connectivity index (χ1v) is 25.8. The minimum absolute atomic E-state index is 0.0768. The second-order valence-corrected chi connectivity index (χ2v) is 18.1. The molecular formula is C51H100N2O4. The summed E-state index contributed by atoms with van der Waals surface area (Å²) in [5.74, 6) is 0.365. The Labute approximate surface area is 356 Å². The largest absolute Gasteiger partial charge is 0.465 e. The van der Waals surface area contributed by atoms with Gasteiger partial charge in [-0.25, -0.2) is 0 Å². The summed E-state index contributed by atoms with van der Waals surface area (Å²) >= 11 is 0. The van der Waals surface area contributed by atoms with Gasteiger partial charge in [-0.3, -0.25) is 9.59 Å². The smallest absolute Gasteiger partial charge is 0.308 e. The molecule has 0 radical (unpaired) electrons. The molecule has 0 N–H and O–H groups in total. The van der Waals surface area contributed by atoms with Crippen molar-refractivity contribution in [3.05, 3.63) is 0 Å². The molecule has 0 aromatic rings. The fraction of sp³-hybridized carbons (Fsp3) is 0.961. The van der Waals surface area contributed by atoms with Crippen LogP contribution in [0.1, 0.15) is 252 Å². The van der Waals surface area contributed by atoms with E-state index >= 15 is 0 Å². The summed E-state index contributed by atoms with van der Waals surface area (Å²) in [7, 11) is 0. The Morgan fingerprint density at radius 3 is 1.14 bits per heavy atom. The summed E-state index contributed by atoms with van der Waals surface area (Å²) in [6.45, 7) is 17.6. The van der Waals surface area contributed by atoms with E-state index in [0.29, 0.717) is 13.2 Å². The zero-order valence-electron chi connectivity index (χ0n) is 39.1. The maximum Gasteiger partial charge on any atom is 0.308 e. The molecule has 338 valence electrons.